The first-order valence-corrected chi connectivity index (χ1v) is 7.30. The van der Waals surface area contributed by atoms with Crippen LogP contribution in [0.2, 0.25) is 0 Å². The molecule has 6 heteroatoms. The predicted octanol–water partition coefficient (Wildman–Crippen LogP) is 2.63. The van der Waals surface area contributed by atoms with Gasteiger partial charge in [0.1, 0.15) is 16.8 Å². The van der Waals surface area contributed by atoms with Crippen LogP contribution >= 0.6 is 11.7 Å². The van der Waals surface area contributed by atoms with E-state index in [1.807, 2.05) is 42.5 Å². The molecule has 1 aliphatic rings. The van der Waals surface area contributed by atoms with E-state index < -0.39 is 6.10 Å². The van der Waals surface area contributed by atoms with Gasteiger partial charge in [-0.3, -0.25) is 4.79 Å². The van der Waals surface area contributed by atoms with Crippen LogP contribution in [0.1, 0.15) is 5.56 Å². The number of fused-ring (bicyclic) bond motifs is 2. The molecule has 5 nitrogen and oxygen atoms in total. The van der Waals surface area contributed by atoms with Crippen molar-refractivity contribution in [2.24, 2.45) is 0 Å². The molecule has 0 aliphatic carbocycles. The molecule has 0 spiro atoms. The van der Waals surface area contributed by atoms with Gasteiger partial charge in [-0.15, -0.1) is 0 Å². The Bertz CT molecular complexity index is 805. The van der Waals surface area contributed by atoms with Crippen LogP contribution in [0.3, 0.4) is 0 Å². The third-order valence-electron chi connectivity index (χ3n) is 3.46. The Morgan fingerprint density at radius 2 is 2.05 bits per heavy atom. The summed E-state index contributed by atoms with van der Waals surface area (Å²) in [7, 11) is 0. The molecule has 2 heterocycles. The lowest BCUT2D eigenvalue weighted by molar-refractivity contribution is -0.122. The molecular formula is C15H11N3O2S. The first kappa shape index (κ1) is 12.3. The van der Waals surface area contributed by atoms with Gasteiger partial charge in [-0.1, -0.05) is 18.2 Å². The van der Waals surface area contributed by atoms with Gasteiger partial charge in [-0.05, 0) is 29.8 Å². The Kier molecular flexibility index (Phi) is 2.82. The fourth-order valence-electron chi connectivity index (χ4n) is 2.41. The molecule has 1 aliphatic heterocycles. The van der Waals surface area contributed by atoms with Gasteiger partial charge in [0.25, 0.3) is 5.91 Å². The van der Waals surface area contributed by atoms with Crippen molar-refractivity contribution in [1.29, 1.82) is 0 Å². The monoisotopic (exact) mass is 297 g/mol. The second-order valence-corrected chi connectivity index (χ2v) is 5.40. The zero-order valence-electron chi connectivity index (χ0n) is 10.9. The summed E-state index contributed by atoms with van der Waals surface area (Å²) >= 11 is 1.16. The van der Waals surface area contributed by atoms with Crippen LogP contribution in [0.5, 0.6) is 5.75 Å². The number of hydrogen-bond donors (Lipinski definition) is 1. The molecule has 4 rings (SSSR count). The van der Waals surface area contributed by atoms with Gasteiger partial charge in [0.2, 0.25) is 0 Å². The first-order chi connectivity index (χ1) is 10.3. The van der Waals surface area contributed by atoms with Crippen LogP contribution in [0.25, 0.3) is 11.0 Å². The number of nitrogens with zero attached hydrogens (tertiary/aromatic N) is 2. The fourth-order valence-corrected chi connectivity index (χ4v) is 2.93. The molecule has 21 heavy (non-hydrogen) atoms. The van der Waals surface area contributed by atoms with Gasteiger partial charge in [-0.25, -0.2) is 0 Å². The number of nitrogens with one attached hydrogen (secondary N) is 1. The highest BCUT2D eigenvalue weighted by Crippen LogP contribution is 2.28. The first-order valence-electron chi connectivity index (χ1n) is 6.57. The van der Waals surface area contributed by atoms with E-state index in [2.05, 4.69) is 14.1 Å². The SMILES string of the molecule is O=C(Nc1ccc2nsnc2c1)C1Cc2ccccc2O1. The topological polar surface area (TPSA) is 64.1 Å². The average Bonchev–Trinajstić information content (AvgIpc) is 3.13. The van der Waals surface area contributed by atoms with Crippen molar-refractivity contribution >= 4 is 34.4 Å². The standard InChI is InChI=1S/C15H11N3O2S/c19-15(14-7-9-3-1-2-4-13(9)20-14)16-10-5-6-11-12(8-10)18-21-17-11/h1-6,8,14H,7H2,(H,16,19). The predicted molar refractivity (Wildman–Crippen MR) is 80.6 cm³/mol. The number of rotatable bonds is 2. The van der Waals surface area contributed by atoms with E-state index in [9.17, 15) is 4.79 Å². The molecule has 1 amide bonds. The van der Waals surface area contributed by atoms with Gasteiger partial charge in [0.15, 0.2) is 6.10 Å². The van der Waals surface area contributed by atoms with Crippen molar-refractivity contribution in [3.63, 3.8) is 0 Å². The molecule has 2 aromatic carbocycles. The Morgan fingerprint density at radius 1 is 1.19 bits per heavy atom. The summed E-state index contributed by atoms with van der Waals surface area (Å²) in [5, 5.41) is 2.87. The zero-order valence-corrected chi connectivity index (χ0v) is 11.8. The van der Waals surface area contributed by atoms with E-state index >= 15 is 0 Å². The molecule has 1 atom stereocenters. The minimum atomic E-state index is -0.480. The van der Waals surface area contributed by atoms with E-state index in [-0.39, 0.29) is 5.91 Å². The number of benzene rings is 2. The molecule has 0 radical (unpaired) electrons. The normalized spacial score (nSPS) is 16.5. The number of anilines is 1. The van der Waals surface area contributed by atoms with Crippen molar-refractivity contribution in [2.45, 2.75) is 12.5 Å². The van der Waals surface area contributed by atoms with E-state index in [1.54, 1.807) is 0 Å². The van der Waals surface area contributed by atoms with Crippen LogP contribution in [0, 0.1) is 0 Å². The third-order valence-corrected chi connectivity index (χ3v) is 4.02. The molecule has 0 saturated carbocycles. The average molecular weight is 297 g/mol. The van der Waals surface area contributed by atoms with Crippen LogP contribution < -0.4 is 10.1 Å². The summed E-state index contributed by atoms with van der Waals surface area (Å²) in [5.74, 6) is 0.644. The lowest BCUT2D eigenvalue weighted by Gasteiger charge is -2.11. The Balaban J connectivity index is 1.51. The van der Waals surface area contributed by atoms with Gasteiger partial charge in [0.05, 0.1) is 11.7 Å². The second-order valence-electron chi connectivity index (χ2n) is 4.88. The van der Waals surface area contributed by atoms with Crippen LogP contribution in [0.15, 0.2) is 42.5 Å². The number of amides is 1. The molecule has 0 bridgehead atoms. The highest BCUT2D eigenvalue weighted by Gasteiger charge is 2.28. The zero-order chi connectivity index (χ0) is 14.2. The van der Waals surface area contributed by atoms with Crippen LogP contribution in [-0.4, -0.2) is 20.8 Å². The lowest BCUT2D eigenvalue weighted by atomic mass is 10.1. The van der Waals surface area contributed by atoms with Crippen LogP contribution in [-0.2, 0) is 11.2 Å². The Hall–Kier alpha value is -2.47. The summed E-state index contributed by atoms with van der Waals surface area (Å²) in [6.07, 6.45) is 0.120. The molecule has 0 fully saturated rings. The molecule has 1 N–H and O–H groups in total. The maximum Gasteiger partial charge on any atom is 0.265 e. The quantitative estimate of drug-likeness (QED) is 0.790. The molecule has 1 aromatic heterocycles. The van der Waals surface area contributed by atoms with Crippen molar-refractivity contribution in [3.05, 3.63) is 48.0 Å². The van der Waals surface area contributed by atoms with Crippen molar-refractivity contribution in [1.82, 2.24) is 8.75 Å². The van der Waals surface area contributed by atoms with E-state index in [1.165, 1.54) is 0 Å². The summed E-state index contributed by atoms with van der Waals surface area (Å²) in [6, 6.07) is 13.2. The second kappa shape index (κ2) is 4.82. The minimum Gasteiger partial charge on any atom is -0.480 e. The van der Waals surface area contributed by atoms with Crippen LogP contribution in [0.4, 0.5) is 5.69 Å². The summed E-state index contributed by atoms with van der Waals surface area (Å²) in [4.78, 5) is 12.3. The van der Waals surface area contributed by atoms with E-state index in [0.29, 0.717) is 12.1 Å². The number of carbonyl (C=O) groups excluding carboxylic acids is 1. The number of aromatic nitrogens is 2. The van der Waals surface area contributed by atoms with Crippen molar-refractivity contribution in [2.75, 3.05) is 5.32 Å². The Labute approximate surface area is 124 Å². The maximum absolute atomic E-state index is 12.3. The maximum atomic E-state index is 12.3. The lowest BCUT2D eigenvalue weighted by Crippen LogP contribution is -2.31. The van der Waals surface area contributed by atoms with Gasteiger partial charge < -0.3 is 10.1 Å². The summed E-state index contributed by atoms with van der Waals surface area (Å²) < 4.78 is 14.0. The van der Waals surface area contributed by atoms with E-state index in [0.717, 1.165) is 34.1 Å². The smallest absolute Gasteiger partial charge is 0.265 e. The molecule has 104 valence electrons. The summed E-state index contributed by atoms with van der Waals surface area (Å²) in [6.45, 7) is 0. The fraction of sp³-hybridized carbons (Fsp3) is 0.133. The summed E-state index contributed by atoms with van der Waals surface area (Å²) in [5.41, 5.74) is 3.40. The molecule has 3 aromatic rings. The van der Waals surface area contributed by atoms with Gasteiger partial charge in [-0.2, -0.15) is 8.75 Å². The minimum absolute atomic E-state index is 0.145. The molecular weight excluding hydrogens is 286 g/mol. The third kappa shape index (κ3) is 2.23. The number of ether oxygens (including phenoxy) is 1. The largest absolute Gasteiger partial charge is 0.480 e. The van der Waals surface area contributed by atoms with Gasteiger partial charge in [0, 0.05) is 12.1 Å². The highest BCUT2D eigenvalue weighted by molar-refractivity contribution is 7.00. The number of carbonyl (C=O) groups is 1. The van der Waals surface area contributed by atoms with Crippen molar-refractivity contribution in [3.8, 4) is 5.75 Å². The number of para-hydroxylation sites is 1. The van der Waals surface area contributed by atoms with Crippen molar-refractivity contribution < 1.29 is 9.53 Å². The Morgan fingerprint density at radius 3 is 2.95 bits per heavy atom. The van der Waals surface area contributed by atoms with Gasteiger partial charge >= 0.3 is 0 Å². The highest BCUT2D eigenvalue weighted by atomic mass is 32.1. The molecule has 0 saturated heterocycles. The number of hydrogen-bond acceptors (Lipinski definition) is 5. The van der Waals surface area contributed by atoms with E-state index in [4.69, 9.17) is 4.74 Å². The molecule has 1 unspecified atom stereocenters.